The molecule has 1 aliphatic heterocycles. The highest BCUT2D eigenvalue weighted by molar-refractivity contribution is 5.83. The number of anilines is 3. The number of carbonyl (C=O) groups excluding carboxylic acids is 1. The van der Waals surface area contributed by atoms with Gasteiger partial charge in [-0.2, -0.15) is 0 Å². The number of nitrogens with zero attached hydrogens (tertiary/aromatic N) is 4. The van der Waals surface area contributed by atoms with E-state index in [0.717, 1.165) is 36.6 Å². The number of piperidine rings is 1. The van der Waals surface area contributed by atoms with Crippen LogP contribution in [0.2, 0.25) is 0 Å². The number of aromatic nitrogens is 2. The van der Waals surface area contributed by atoms with Gasteiger partial charge in [0.25, 0.3) is 0 Å². The highest BCUT2D eigenvalue weighted by Crippen LogP contribution is 2.25. The van der Waals surface area contributed by atoms with E-state index in [2.05, 4.69) is 20.3 Å². The third-order valence-electron chi connectivity index (χ3n) is 4.92. The minimum Gasteiger partial charge on any atom is -0.355 e. The van der Waals surface area contributed by atoms with Crippen molar-refractivity contribution >= 4 is 23.1 Å². The van der Waals surface area contributed by atoms with Crippen molar-refractivity contribution in [3.63, 3.8) is 0 Å². The van der Waals surface area contributed by atoms with E-state index in [4.69, 9.17) is 0 Å². The number of amides is 1. The van der Waals surface area contributed by atoms with Crippen LogP contribution in [-0.2, 0) is 4.79 Å². The van der Waals surface area contributed by atoms with Crippen molar-refractivity contribution in [1.82, 2.24) is 15.4 Å². The first kappa shape index (κ1) is 18.0. The second-order valence-corrected chi connectivity index (χ2v) is 6.83. The quantitative estimate of drug-likeness (QED) is 0.693. The van der Waals surface area contributed by atoms with Crippen LogP contribution in [0.3, 0.4) is 0 Å². The molecule has 1 amide bonds. The molecule has 142 valence electrons. The fourth-order valence-corrected chi connectivity index (χ4v) is 3.49. The summed E-state index contributed by atoms with van der Waals surface area (Å²) >= 11 is 0. The first-order valence-corrected chi connectivity index (χ1v) is 9.53. The van der Waals surface area contributed by atoms with Gasteiger partial charge < -0.3 is 4.90 Å². The Bertz CT molecular complexity index is 849. The Morgan fingerprint density at radius 3 is 2.29 bits per heavy atom. The van der Waals surface area contributed by atoms with E-state index in [0.29, 0.717) is 6.54 Å². The number of nitrogens with one attached hydrogen (secondary N) is 1. The fourth-order valence-electron chi connectivity index (χ4n) is 3.49. The molecule has 1 N–H and O–H groups in total. The summed E-state index contributed by atoms with van der Waals surface area (Å²) in [6, 6.07) is 19.7. The third kappa shape index (κ3) is 4.11. The number of hydrogen-bond acceptors (Lipinski definition) is 5. The molecule has 2 heterocycles. The summed E-state index contributed by atoms with van der Waals surface area (Å²) in [6.07, 6.45) is 6.91. The summed E-state index contributed by atoms with van der Waals surface area (Å²) in [7, 11) is 0. The number of hydrazine groups is 1. The van der Waals surface area contributed by atoms with Crippen molar-refractivity contribution in [1.29, 1.82) is 0 Å². The first-order valence-electron chi connectivity index (χ1n) is 9.53. The molecule has 0 radical (unpaired) electrons. The summed E-state index contributed by atoms with van der Waals surface area (Å²) in [4.78, 5) is 23.8. The molecule has 6 nitrogen and oxygen atoms in total. The van der Waals surface area contributed by atoms with Crippen LogP contribution in [0.15, 0.2) is 79.3 Å². The van der Waals surface area contributed by atoms with Crippen LogP contribution < -0.4 is 15.3 Å². The van der Waals surface area contributed by atoms with Crippen LogP contribution in [0.5, 0.6) is 0 Å². The molecule has 1 aromatic heterocycles. The van der Waals surface area contributed by atoms with Gasteiger partial charge in [-0.3, -0.25) is 20.2 Å². The van der Waals surface area contributed by atoms with Gasteiger partial charge in [-0.05, 0) is 37.1 Å². The predicted molar refractivity (Wildman–Crippen MR) is 110 cm³/mol. The molecule has 6 heteroatoms. The van der Waals surface area contributed by atoms with Gasteiger partial charge in [0.15, 0.2) is 0 Å². The SMILES string of the molecule is O=C(NN(c1ccccc1)c1ccccc1)[C@@H]1CCCN(c2cnccn2)C1. The Morgan fingerprint density at radius 1 is 1.00 bits per heavy atom. The van der Waals surface area contributed by atoms with Gasteiger partial charge in [0, 0.05) is 25.5 Å². The highest BCUT2D eigenvalue weighted by atomic mass is 16.2. The normalized spacial score (nSPS) is 16.4. The average Bonchev–Trinajstić information content (AvgIpc) is 2.79. The number of benzene rings is 2. The van der Waals surface area contributed by atoms with Gasteiger partial charge >= 0.3 is 0 Å². The first-order chi connectivity index (χ1) is 13.8. The molecule has 1 aliphatic rings. The molecule has 2 aromatic carbocycles. The summed E-state index contributed by atoms with van der Waals surface area (Å²) < 4.78 is 0. The molecule has 0 spiro atoms. The van der Waals surface area contributed by atoms with E-state index in [1.165, 1.54) is 0 Å². The van der Waals surface area contributed by atoms with Crippen LogP contribution in [0.1, 0.15) is 12.8 Å². The summed E-state index contributed by atoms with van der Waals surface area (Å²) in [5.41, 5.74) is 4.96. The van der Waals surface area contributed by atoms with Gasteiger partial charge in [-0.15, -0.1) is 0 Å². The van der Waals surface area contributed by atoms with Gasteiger partial charge in [0.2, 0.25) is 5.91 Å². The van der Waals surface area contributed by atoms with E-state index in [9.17, 15) is 4.79 Å². The van der Waals surface area contributed by atoms with Crippen LogP contribution in [0.25, 0.3) is 0 Å². The third-order valence-corrected chi connectivity index (χ3v) is 4.92. The van der Waals surface area contributed by atoms with Crippen LogP contribution in [0.4, 0.5) is 17.2 Å². The highest BCUT2D eigenvalue weighted by Gasteiger charge is 2.28. The average molecular weight is 373 g/mol. The van der Waals surface area contributed by atoms with Gasteiger partial charge in [0.05, 0.1) is 23.5 Å². The minimum absolute atomic E-state index is 0.0151. The number of para-hydroxylation sites is 2. The van der Waals surface area contributed by atoms with E-state index in [-0.39, 0.29) is 11.8 Å². The van der Waals surface area contributed by atoms with E-state index in [1.54, 1.807) is 18.6 Å². The molecule has 1 atom stereocenters. The molecule has 0 saturated carbocycles. The van der Waals surface area contributed by atoms with Crippen LogP contribution >= 0.6 is 0 Å². The molecule has 0 aliphatic carbocycles. The molecule has 1 fully saturated rings. The van der Waals surface area contributed by atoms with E-state index in [1.807, 2.05) is 65.7 Å². The molecule has 3 aromatic rings. The Kier molecular flexibility index (Phi) is 5.47. The minimum atomic E-state index is -0.106. The second kappa shape index (κ2) is 8.52. The van der Waals surface area contributed by atoms with Crippen molar-refractivity contribution in [3.05, 3.63) is 79.3 Å². The molecule has 4 rings (SSSR count). The summed E-state index contributed by atoms with van der Waals surface area (Å²) in [6.45, 7) is 1.53. The zero-order valence-electron chi connectivity index (χ0n) is 15.6. The maximum atomic E-state index is 13.1. The lowest BCUT2D eigenvalue weighted by Gasteiger charge is -2.34. The lowest BCUT2D eigenvalue weighted by molar-refractivity contribution is -0.125. The van der Waals surface area contributed by atoms with Crippen molar-refractivity contribution < 1.29 is 4.79 Å². The molecule has 0 bridgehead atoms. The summed E-state index contributed by atoms with van der Waals surface area (Å²) in [5.74, 6) is 0.731. The van der Waals surface area contributed by atoms with Crippen molar-refractivity contribution in [2.45, 2.75) is 12.8 Å². The van der Waals surface area contributed by atoms with Gasteiger partial charge in [-0.1, -0.05) is 36.4 Å². The number of rotatable bonds is 5. The maximum absolute atomic E-state index is 13.1. The fraction of sp³-hybridized carbons (Fsp3) is 0.227. The standard InChI is InChI=1S/C22H23N5O/c28-22(18-8-7-15-26(17-18)21-16-23-13-14-24-21)25-27(19-9-3-1-4-10-19)20-11-5-2-6-12-20/h1-6,9-14,16,18H,7-8,15,17H2,(H,25,28)/t18-/m1/s1. The Morgan fingerprint density at radius 2 is 1.68 bits per heavy atom. The Labute approximate surface area is 164 Å². The van der Waals surface area contributed by atoms with Gasteiger partial charge in [-0.25, -0.2) is 4.98 Å². The lowest BCUT2D eigenvalue weighted by Crippen LogP contribution is -2.48. The van der Waals surface area contributed by atoms with Gasteiger partial charge in [0.1, 0.15) is 5.82 Å². The topological polar surface area (TPSA) is 61.4 Å². The van der Waals surface area contributed by atoms with Crippen LogP contribution in [0, 0.1) is 5.92 Å². The van der Waals surface area contributed by atoms with Crippen molar-refractivity contribution in [3.8, 4) is 0 Å². The molecular weight excluding hydrogens is 350 g/mol. The van der Waals surface area contributed by atoms with E-state index >= 15 is 0 Å². The predicted octanol–water partition coefficient (Wildman–Crippen LogP) is 3.56. The number of carbonyl (C=O) groups is 1. The monoisotopic (exact) mass is 373 g/mol. The molecular formula is C22H23N5O. The zero-order chi connectivity index (χ0) is 19.2. The van der Waals surface area contributed by atoms with Crippen LogP contribution in [-0.4, -0.2) is 29.0 Å². The molecule has 28 heavy (non-hydrogen) atoms. The zero-order valence-corrected chi connectivity index (χ0v) is 15.6. The van der Waals surface area contributed by atoms with Crippen molar-refractivity contribution in [2.75, 3.05) is 23.0 Å². The number of hydrogen-bond donors (Lipinski definition) is 1. The molecule has 0 unspecified atom stereocenters. The Hall–Kier alpha value is -3.41. The summed E-state index contributed by atoms with van der Waals surface area (Å²) in [5, 5.41) is 1.85. The Balaban J connectivity index is 1.51. The second-order valence-electron chi connectivity index (χ2n) is 6.83. The van der Waals surface area contributed by atoms with Crippen molar-refractivity contribution in [2.24, 2.45) is 5.92 Å². The lowest BCUT2D eigenvalue weighted by atomic mass is 9.97. The maximum Gasteiger partial charge on any atom is 0.243 e. The largest absolute Gasteiger partial charge is 0.355 e. The van der Waals surface area contributed by atoms with E-state index < -0.39 is 0 Å². The smallest absolute Gasteiger partial charge is 0.243 e. The molecule has 1 saturated heterocycles.